The van der Waals surface area contributed by atoms with E-state index in [4.69, 9.17) is 0 Å². The Kier molecular flexibility index (Phi) is 5.91. The van der Waals surface area contributed by atoms with E-state index in [1.807, 2.05) is 6.08 Å². The van der Waals surface area contributed by atoms with Crippen LogP contribution in [0.15, 0.2) is 67.3 Å². The van der Waals surface area contributed by atoms with Gasteiger partial charge in [-0.15, -0.1) is 30.1 Å². The molecule has 1 fully saturated rings. The molecule has 0 unspecified atom stereocenters. The number of rotatable bonds is 6. The van der Waals surface area contributed by atoms with Crippen molar-refractivity contribution < 1.29 is 0 Å². The second kappa shape index (κ2) is 8.12. The van der Waals surface area contributed by atoms with Crippen molar-refractivity contribution in [2.75, 3.05) is 11.5 Å². The third-order valence-electron chi connectivity index (χ3n) is 4.31. The van der Waals surface area contributed by atoms with E-state index in [1.54, 1.807) is 0 Å². The standard InChI is InChI=1S/C21H24S2/c1-2-3-7-15-21(22-16-8-17-23-21)20-13-11-19(12-14-20)18-9-5-4-6-10-18/h2,4-6,9-14H,1,3,7-8,15-17H2. The molecule has 2 heteroatoms. The molecule has 0 radical (unpaired) electrons. The van der Waals surface area contributed by atoms with Crippen LogP contribution in [-0.4, -0.2) is 11.5 Å². The number of hydrogen-bond acceptors (Lipinski definition) is 2. The Morgan fingerprint density at radius 1 is 0.913 bits per heavy atom. The lowest BCUT2D eigenvalue weighted by atomic mass is 10.0. The molecule has 120 valence electrons. The molecule has 3 rings (SSSR count). The fourth-order valence-electron chi connectivity index (χ4n) is 3.06. The van der Waals surface area contributed by atoms with Gasteiger partial charge < -0.3 is 0 Å². The molecule has 0 atom stereocenters. The quantitative estimate of drug-likeness (QED) is 0.422. The van der Waals surface area contributed by atoms with Crippen LogP contribution in [0.1, 0.15) is 31.2 Å². The van der Waals surface area contributed by atoms with Gasteiger partial charge in [0.25, 0.3) is 0 Å². The first-order valence-electron chi connectivity index (χ1n) is 8.39. The zero-order valence-electron chi connectivity index (χ0n) is 13.5. The van der Waals surface area contributed by atoms with Crippen molar-refractivity contribution in [2.24, 2.45) is 0 Å². The number of thioether (sulfide) groups is 2. The first kappa shape index (κ1) is 16.7. The summed E-state index contributed by atoms with van der Waals surface area (Å²) >= 11 is 4.29. The molecule has 2 aromatic rings. The SMILES string of the molecule is C=CCCCC1(c2ccc(-c3ccccc3)cc2)SCCCS1. The van der Waals surface area contributed by atoms with Gasteiger partial charge in [0.15, 0.2) is 0 Å². The fraction of sp³-hybridized carbons (Fsp3) is 0.333. The topological polar surface area (TPSA) is 0 Å². The maximum absolute atomic E-state index is 3.87. The van der Waals surface area contributed by atoms with Gasteiger partial charge in [-0.1, -0.05) is 60.7 Å². The predicted molar refractivity (Wildman–Crippen MR) is 107 cm³/mol. The van der Waals surface area contributed by atoms with E-state index in [0.29, 0.717) is 0 Å². The molecule has 0 aromatic heterocycles. The van der Waals surface area contributed by atoms with Crippen LogP contribution in [0.25, 0.3) is 11.1 Å². The summed E-state index contributed by atoms with van der Waals surface area (Å²) in [4.78, 5) is 0. The average molecular weight is 341 g/mol. The molecule has 0 spiro atoms. The van der Waals surface area contributed by atoms with Crippen LogP contribution in [-0.2, 0) is 4.08 Å². The molecule has 0 amide bonds. The summed E-state index contributed by atoms with van der Waals surface area (Å²) in [6, 6.07) is 19.9. The molecular formula is C21H24S2. The maximum Gasteiger partial charge on any atom is 0.0860 e. The smallest absolute Gasteiger partial charge is 0.0860 e. The summed E-state index contributed by atoms with van der Waals surface area (Å²) in [5.74, 6) is 2.56. The lowest BCUT2D eigenvalue weighted by molar-refractivity contribution is 0.694. The summed E-state index contributed by atoms with van der Waals surface area (Å²) in [7, 11) is 0. The Bertz CT molecular complexity index is 610. The lowest BCUT2D eigenvalue weighted by Crippen LogP contribution is -2.22. The molecule has 1 aliphatic heterocycles. The van der Waals surface area contributed by atoms with Crippen molar-refractivity contribution in [1.29, 1.82) is 0 Å². The highest BCUT2D eigenvalue weighted by Gasteiger charge is 2.34. The fourth-order valence-corrected chi connectivity index (χ4v) is 6.49. The van der Waals surface area contributed by atoms with Gasteiger partial charge >= 0.3 is 0 Å². The Hall–Kier alpha value is -1.12. The van der Waals surface area contributed by atoms with Crippen LogP contribution in [0.4, 0.5) is 0 Å². The van der Waals surface area contributed by atoms with E-state index in [1.165, 1.54) is 47.5 Å². The summed E-state index contributed by atoms with van der Waals surface area (Å²) in [6.07, 6.45) is 6.96. The van der Waals surface area contributed by atoms with Gasteiger partial charge in [0.05, 0.1) is 4.08 Å². The molecule has 1 heterocycles. The Morgan fingerprint density at radius 2 is 1.57 bits per heavy atom. The number of allylic oxidation sites excluding steroid dienone is 1. The third-order valence-corrected chi connectivity index (χ3v) is 7.81. The van der Waals surface area contributed by atoms with Crippen LogP contribution >= 0.6 is 23.5 Å². The van der Waals surface area contributed by atoms with Crippen molar-refractivity contribution in [3.05, 3.63) is 72.8 Å². The van der Waals surface area contributed by atoms with Crippen LogP contribution in [0, 0.1) is 0 Å². The average Bonchev–Trinajstić information content (AvgIpc) is 2.64. The van der Waals surface area contributed by atoms with E-state index in [2.05, 4.69) is 84.7 Å². The highest BCUT2D eigenvalue weighted by Crippen LogP contribution is 2.53. The molecule has 1 saturated heterocycles. The van der Waals surface area contributed by atoms with Crippen LogP contribution in [0.2, 0.25) is 0 Å². The zero-order chi connectivity index (χ0) is 16.0. The van der Waals surface area contributed by atoms with E-state index < -0.39 is 0 Å². The third kappa shape index (κ3) is 4.05. The van der Waals surface area contributed by atoms with Crippen molar-refractivity contribution >= 4 is 23.5 Å². The summed E-state index contributed by atoms with van der Waals surface area (Å²) in [6.45, 7) is 3.87. The molecule has 2 aromatic carbocycles. The largest absolute Gasteiger partial charge is 0.139 e. The van der Waals surface area contributed by atoms with E-state index >= 15 is 0 Å². The van der Waals surface area contributed by atoms with Crippen LogP contribution in [0.3, 0.4) is 0 Å². The highest BCUT2D eigenvalue weighted by molar-refractivity contribution is 8.18. The minimum absolute atomic E-state index is 0.247. The first-order valence-corrected chi connectivity index (χ1v) is 10.4. The van der Waals surface area contributed by atoms with Crippen molar-refractivity contribution in [3.63, 3.8) is 0 Å². The van der Waals surface area contributed by atoms with Crippen molar-refractivity contribution in [1.82, 2.24) is 0 Å². The molecule has 0 bridgehead atoms. The van der Waals surface area contributed by atoms with Gasteiger partial charge in [0.2, 0.25) is 0 Å². The molecule has 23 heavy (non-hydrogen) atoms. The Labute approximate surface area is 148 Å². The molecule has 1 aliphatic rings. The summed E-state index contributed by atoms with van der Waals surface area (Å²) in [5, 5.41) is 0. The maximum atomic E-state index is 3.87. The van der Waals surface area contributed by atoms with E-state index in [0.717, 1.165) is 6.42 Å². The predicted octanol–water partition coefficient (Wildman–Crippen LogP) is 6.73. The number of hydrogen-bond donors (Lipinski definition) is 0. The van der Waals surface area contributed by atoms with Gasteiger partial charge in [-0.25, -0.2) is 0 Å². The van der Waals surface area contributed by atoms with Gasteiger partial charge in [-0.2, -0.15) is 0 Å². The lowest BCUT2D eigenvalue weighted by Gasteiger charge is -2.37. The molecule has 0 saturated carbocycles. The van der Waals surface area contributed by atoms with Gasteiger partial charge in [0.1, 0.15) is 0 Å². The number of benzene rings is 2. The van der Waals surface area contributed by atoms with Crippen LogP contribution in [0.5, 0.6) is 0 Å². The van der Waals surface area contributed by atoms with Crippen LogP contribution < -0.4 is 0 Å². The van der Waals surface area contributed by atoms with Gasteiger partial charge in [0, 0.05) is 0 Å². The molecule has 0 N–H and O–H groups in total. The van der Waals surface area contributed by atoms with Crippen molar-refractivity contribution in [3.8, 4) is 11.1 Å². The molecule has 0 nitrogen and oxygen atoms in total. The second-order valence-electron chi connectivity index (χ2n) is 5.93. The monoisotopic (exact) mass is 340 g/mol. The van der Waals surface area contributed by atoms with Gasteiger partial charge in [-0.05, 0) is 53.9 Å². The summed E-state index contributed by atoms with van der Waals surface area (Å²) in [5.41, 5.74) is 4.08. The van der Waals surface area contributed by atoms with Crippen molar-refractivity contribution in [2.45, 2.75) is 29.8 Å². The number of unbranched alkanes of at least 4 members (excludes halogenated alkanes) is 1. The highest BCUT2D eigenvalue weighted by atomic mass is 32.2. The summed E-state index contributed by atoms with van der Waals surface area (Å²) < 4.78 is 0.247. The van der Waals surface area contributed by atoms with E-state index in [-0.39, 0.29) is 4.08 Å². The Balaban J connectivity index is 1.83. The second-order valence-corrected chi connectivity index (χ2v) is 8.97. The molecular weight excluding hydrogens is 316 g/mol. The first-order chi connectivity index (χ1) is 11.3. The van der Waals surface area contributed by atoms with E-state index in [9.17, 15) is 0 Å². The normalized spacial score (nSPS) is 16.9. The molecule has 0 aliphatic carbocycles. The van der Waals surface area contributed by atoms with Gasteiger partial charge in [-0.3, -0.25) is 0 Å². The Morgan fingerprint density at radius 3 is 2.22 bits per heavy atom. The minimum Gasteiger partial charge on any atom is -0.139 e. The minimum atomic E-state index is 0.247. The zero-order valence-corrected chi connectivity index (χ0v) is 15.2.